The SMILES string of the molecule is CCC1CCCC(C(N)Cc2ccc(C(F)(F)F)cc2)C1. The Morgan fingerprint density at radius 2 is 1.86 bits per heavy atom. The molecule has 0 radical (unpaired) electrons. The second-order valence-corrected chi connectivity index (χ2v) is 6.26. The second kappa shape index (κ2) is 6.82. The first kappa shape index (κ1) is 16.3. The molecule has 1 saturated carbocycles. The standard InChI is InChI=1S/C17H24F3N/c1-2-12-4-3-5-14(10-12)16(21)11-13-6-8-15(9-7-13)17(18,19)20/h6-9,12,14,16H,2-5,10-11,21H2,1H3. The summed E-state index contributed by atoms with van der Waals surface area (Å²) in [4.78, 5) is 0. The lowest BCUT2D eigenvalue weighted by molar-refractivity contribution is -0.137. The third kappa shape index (κ3) is 4.47. The highest BCUT2D eigenvalue weighted by molar-refractivity contribution is 5.25. The van der Waals surface area contributed by atoms with Gasteiger partial charge < -0.3 is 5.73 Å². The fraction of sp³-hybridized carbons (Fsp3) is 0.647. The number of nitrogens with two attached hydrogens (primary N) is 1. The van der Waals surface area contributed by atoms with Gasteiger partial charge in [0, 0.05) is 6.04 Å². The minimum absolute atomic E-state index is 0.0519. The average molecular weight is 299 g/mol. The smallest absolute Gasteiger partial charge is 0.327 e. The van der Waals surface area contributed by atoms with Gasteiger partial charge in [-0.25, -0.2) is 0 Å². The van der Waals surface area contributed by atoms with E-state index in [1.807, 2.05) is 0 Å². The first-order chi connectivity index (χ1) is 9.90. The van der Waals surface area contributed by atoms with E-state index in [0.29, 0.717) is 12.3 Å². The van der Waals surface area contributed by atoms with Crippen LogP contribution in [0.15, 0.2) is 24.3 Å². The van der Waals surface area contributed by atoms with Crippen LogP contribution in [0.5, 0.6) is 0 Å². The molecule has 1 aromatic carbocycles. The molecule has 0 spiro atoms. The minimum atomic E-state index is -4.27. The molecule has 2 rings (SSSR count). The summed E-state index contributed by atoms with van der Waals surface area (Å²) in [6.45, 7) is 2.22. The first-order valence-electron chi connectivity index (χ1n) is 7.82. The van der Waals surface area contributed by atoms with Crippen molar-refractivity contribution >= 4 is 0 Å². The van der Waals surface area contributed by atoms with Crippen LogP contribution in [0.4, 0.5) is 13.2 Å². The summed E-state index contributed by atoms with van der Waals surface area (Å²) < 4.78 is 37.6. The molecule has 1 fully saturated rings. The highest BCUT2D eigenvalue weighted by Gasteiger charge is 2.30. The Balaban J connectivity index is 1.94. The zero-order valence-electron chi connectivity index (χ0n) is 12.5. The zero-order valence-corrected chi connectivity index (χ0v) is 12.5. The summed E-state index contributed by atoms with van der Waals surface area (Å²) in [7, 11) is 0. The number of alkyl halides is 3. The van der Waals surface area contributed by atoms with Gasteiger partial charge in [0.1, 0.15) is 0 Å². The van der Waals surface area contributed by atoms with Crippen LogP contribution in [0.2, 0.25) is 0 Å². The monoisotopic (exact) mass is 299 g/mol. The Morgan fingerprint density at radius 3 is 2.43 bits per heavy atom. The largest absolute Gasteiger partial charge is 0.416 e. The predicted octanol–water partition coefficient (Wildman–Crippen LogP) is 4.79. The number of hydrogen-bond acceptors (Lipinski definition) is 1. The molecule has 1 aliphatic rings. The number of halogens is 3. The van der Waals surface area contributed by atoms with E-state index in [0.717, 1.165) is 36.5 Å². The van der Waals surface area contributed by atoms with Gasteiger partial charge in [-0.05, 0) is 48.8 Å². The summed E-state index contributed by atoms with van der Waals surface area (Å²) >= 11 is 0. The Bertz CT molecular complexity index is 438. The van der Waals surface area contributed by atoms with Gasteiger partial charge in [0.25, 0.3) is 0 Å². The molecule has 1 nitrogen and oxygen atoms in total. The quantitative estimate of drug-likeness (QED) is 0.849. The van der Waals surface area contributed by atoms with Gasteiger partial charge in [-0.3, -0.25) is 0 Å². The molecule has 0 heterocycles. The van der Waals surface area contributed by atoms with Crippen LogP contribution >= 0.6 is 0 Å². The van der Waals surface area contributed by atoms with Crippen LogP contribution in [0.25, 0.3) is 0 Å². The third-order valence-electron chi connectivity index (χ3n) is 4.76. The van der Waals surface area contributed by atoms with Crippen molar-refractivity contribution in [3.05, 3.63) is 35.4 Å². The maximum atomic E-state index is 12.5. The minimum Gasteiger partial charge on any atom is -0.327 e. The van der Waals surface area contributed by atoms with Crippen LogP contribution in [0, 0.1) is 11.8 Å². The van der Waals surface area contributed by atoms with Crippen LogP contribution in [-0.2, 0) is 12.6 Å². The van der Waals surface area contributed by atoms with Gasteiger partial charge in [-0.1, -0.05) is 38.3 Å². The molecule has 2 N–H and O–H groups in total. The van der Waals surface area contributed by atoms with Crippen LogP contribution < -0.4 is 5.73 Å². The lowest BCUT2D eigenvalue weighted by Crippen LogP contribution is -2.35. The molecule has 3 unspecified atom stereocenters. The maximum Gasteiger partial charge on any atom is 0.416 e. The average Bonchev–Trinajstić information content (AvgIpc) is 2.47. The van der Waals surface area contributed by atoms with Gasteiger partial charge in [0.05, 0.1) is 5.56 Å². The lowest BCUT2D eigenvalue weighted by Gasteiger charge is -2.32. The van der Waals surface area contributed by atoms with E-state index in [-0.39, 0.29) is 6.04 Å². The summed E-state index contributed by atoms with van der Waals surface area (Å²) in [5.74, 6) is 1.27. The van der Waals surface area contributed by atoms with Crippen molar-refractivity contribution in [3.63, 3.8) is 0 Å². The van der Waals surface area contributed by atoms with Crippen molar-refractivity contribution in [2.75, 3.05) is 0 Å². The maximum absolute atomic E-state index is 12.5. The number of rotatable bonds is 4. The Morgan fingerprint density at radius 1 is 1.19 bits per heavy atom. The number of benzene rings is 1. The van der Waals surface area contributed by atoms with E-state index in [4.69, 9.17) is 5.73 Å². The summed E-state index contributed by atoms with van der Waals surface area (Å²) in [5, 5.41) is 0. The molecular formula is C17H24F3N. The molecule has 118 valence electrons. The highest BCUT2D eigenvalue weighted by Crippen LogP contribution is 2.33. The lowest BCUT2D eigenvalue weighted by atomic mass is 9.76. The molecule has 0 saturated heterocycles. The molecule has 21 heavy (non-hydrogen) atoms. The molecular weight excluding hydrogens is 275 g/mol. The molecule has 4 heteroatoms. The molecule has 1 aliphatic carbocycles. The summed E-state index contributed by atoms with van der Waals surface area (Å²) in [6.07, 6.45) is 2.43. The molecule has 0 bridgehead atoms. The summed E-state index contributed by atoms with van der Waals surface area (Å²) in [5.41, 5.74) is 6.60. The zero-order chi connectivity index (χ0) is 15.5. The van der Waals surface area contributed by atoms with E-state index in [2.05, 4.69) is 6.92 Å². The van der Waals surface area contributed by atoms with Gasteiger partial charge in [0.15, 0.2) is 0 Å². The Labute approximate surface area is 124 Å². The summed E-state index contributed by atoms with van der Waals surface area (Å²) in [6, 6.07) is 5.47. The van der Waals surface area contributed by atoms with E-state index in [9.17, 15) is 13.2 Å². The molecule has 1 aromatic rings. The molecule has 3 atom stereocenters. The Hall–Kier alpha value is -1.03. The van der Waals surface area contributed by atoms with Crippen molar-refractivity contribution in [1.82, 2.24) is 0 Å². The van der Waals surface area contributed by atoms with Gasteiger partial charge in [0.2, 0.25) is 0 Å². The Kier molecular flexibility index (Phi) is 5.31. The van der Waals surface area contributed by atoms with Gasteiger partial charge in [-0.2, -0.15) is 13.2 Å². The molecule has 0 amide bonds. The van der Waals surface area contributed by atoms with Crippen LogP contribution in [-0.4, -0.2) is 6.04 Å². The van der Waals surface area contributed by atoms with Crippen molar-refractivity contribution in [3.8, 4) is 0 Å². The van der Waals surface area contributed by atoms with E-state index in [1.165, 1.54) is 19.3 Å². The van der Waals surface area contributed by atoms with Crippen LogP contribution in [0.3, 0.4) is 0 Å². The number of hydrogen-bond donors (Lipinski definition) is 1. The third-order valence-corrected chi connectivity index (χ3v) is 4.76. The van der Waals surface area contributed by atoms with Crippen LogP contribution in [0.1, 0.15) is 50.2 Å². The van der Waals surface area contributed by atoms with Gasteiger partial charge in [-0.15, -0.1) is 0 Å². The van der Waals surface area contributed by atoms with Crippen molar-refractivity contribution in [2.24, 2.45) is 17.6 Å². The fourth-order valence-corrected chi connectivity index (χ4v) is 3.36. The predicted molar refractivity (Wildman–Crippen MR) is 78.9 cm³/mol. The fourth-order valence-electron chi connectivity index (χ4n) is 3.36. The second-order valence-electron chi connectivity index (χ2n) is 6.26. The normalized spacial score (nSPS) is 24.8. The van der Waals surface area contributed by atoms with E-state index < -0.39 is 11.7 Å². The first-order valence-corrected chi connectivity index (χ1v) is 7.82. The van der Waals surface area contributed by atoms with Crippen molar-refractivity contribution in [2.45, 2.75) is 57.7 Å². The highest BCUT2D eigenvalue weighted by atomic mass is 19.4. The molecule has 0 aliphatic heterocycles. The topological polar surface area (TPSA) is 26.0 Å². The molecule has 0 aromatic heterocycles. The van der Waals surface area contributed by atoms with Crippen molar-refractivity contribution < 1.29 is 13.2 Å². The van der Waals surface area contributed by atoms with Crippen molar-refractivity contribution in [1.29, 1.82) is 0 Å². The van der Waals surface area contributed by atoms with Gasteiger partial charge >= 0.3 is 6.18 Å². The van der Waals surface area contributed by atoms with E-state index in [1.54, 1.807) is 12.1 Å². The van der Waals surface area contributed by atoms with E-state index >= 15 is 0 Å².